The minimum atomic E-state index is -0.784. The first-order valence-electron chi connectivity index (χ1n) is 9.04. The molecule has 0 heterocycles. The van der Waals surface area contributed by atoms with Crippen molar-refractivity contribution in [2.75, 3.05) is 13.1 Å². The molecule has 4 rings (SSSR count). The summed E-state index contributed by atoms with van der Waals surface area (Å²) in [5, 5.41) is 15.2. The Hall–Kier alpha value is -1.30. The summed E-state index contributed by atoms with van der Waals surface area (Å²) in [6.45, 7) is 2.81. The molecule has 6 heteroatoms. The summed E-state index contributed by atoms with van der Waals surface area (Å²) < 4.78 is 0. The lowest BCUT2D eigenvalue weighted by Gasteiger charge is -2.47. The molecular weight excluding hydrogens is 294 g/mol. The van der Waals surface area contributed by atoms with Crippen molar-refractivity contribution in [3.8, 4) is 0 Å². The van der Waals surface area contributed by atoms with Gasteiger partial charge in [-0.1, -0.05) is 6.92 Å². The number of hydrogen-bond donors (Lipinski definition) is 3. The van der Waals surface area contributed by atoms with Gasteiger partial charge in [-0.25, -0.2) is 4.79 Å². The highest BCUT2D eigenvalue weighted by Gasteiger charge is 2.42. The molecular formula is C17H29N3O3. The zero-order chi connectivity index (χ0) is 16.4. The number of rotatable bonds is 6. The van der Waals surface area contributed by atoms with Gasteiger partial charge in [0.05, 0.1) is 6.54 Å². The van der Waals surface area contributed by atoms with Crippen LogP contribution in [0.25, 0.3) is 0 Å². The van der Waals surface area contributed by atoms with Gasteiger partial charge in [0.1, 0.15) is 0 Å². The van der Waals surface area contributed by atoms with Gasteiger partial charge >= 0.3 is 12.0 Å². The number of fused-ring (bicyclic) bond motifs is 3. The number of carboxylic acids is 1. The Morgan fingerprint density at radius 1 is 1.17 bits per heavy atom. The van der Waals surface area contributed by atoms with Crippen molar-refractivity contribution in [2.24, 2.45) is 5.92 Å². The summed E-state index contributed by atoms with van der Waals surface area (Å²) in [6.07, 6.45) is 8.85. The lowest BCUT2D eigenvalue weighted by molar-refractivity contribution is -0.139. The SMILES string of the molecule is CCN(CC(=O)O)C1CC(NC(=O)NC23CCC(CC2)CC3)C1. The van der Waals surface area contributed by atoms with Crippen LogP contribution in [0.3, 0.4) is 0 Å². The Bertz CT molecular complexity index is 440. The van der Waals surface area contributed by atoms with E-state index in [1.54, 1.807) is 0 Å². The first-order chi connectivity index (χ1) is 11.0. The smallest absolute Gasteiger partial charge is 0.317 e. The number of likely N-dealkylation sites (N-methyl/N-ethyl adjacent to an activating group) is 1. The number of carboxylic acid groups (broad SMARTS) is 1. The molecule has 0 unspecified atom stereocenters. The van der Waals surface area contributed by atoms with E-state index in [4.69, 9.17) is 5.11 Å². The summed E-state index contributed by atoms with van der Waals surface area (Å²) in [5.74, 6) is 0.108. The van der Waals surface area contributed by atoms with Crippen molar-refractivity contribution in [2.45, 2.75) is 75.9 Å². The van der Waals surface area contributed by atoms with Crippen LogP contribution in [0.2, 0.25) is 0 Å². The number of nitrogens with one attached hydrogen (secondary N) is 2. The standard InChI is InChI=1S/C17H29N3O3/c1-2-20(11-15(21)22)14-9-13(10-14)18-16(23)19-17-6-3-12(4-7-17)5-8-17/h12-14H,2-11H2,1H3,(H,21,22)(H2,18,19,23). The Morgan fingerprint density at radius 3 is 2.30 bits per heavy atom. The largest absolute Gasteiger partial charge is 0.480 e. The van der Waals surface area contributed by atoms with Crippen LogP contribution in [-0.4, -0.2) is 52.7 Å². The van der Waals surface area contributed by atoms with E-state index in [1.165, 1.54) is 19.3 Å². The molecule has 0 saturated heterocycles. The number of nitrogens with zero attached hydrogens (tertiary/aromatic N) is 1. The van der Waals surface area contributed by atoms with Crippen LogP contribution in [0.1, 0.15) is 58.3 Å². The molecule has 0 aromatic carbocycles. The molecule has 0 aromatic heterocycles. The molecule has 4 saturated carbocycles. The molecule has 3 N–H and O–H groups in total. The van der Waals surface area contributed by atoms with Crippen LogP contribution in [0.4, 0.5) is 4.79 Å². The zero-order valence-corrected chi connectivity index (χ0v) is 14.0. The predicted molar refractivity (Wildman–Crippen MR) is 87.3 cm³/mol. The first kappa shape index (κ1) is 16.6. The van der Waals surface area contributed by atoms with Crippen LogP contribution in [0.15, 0.2) is 0 Å². The topological polar surface area (TPSA) is 81.7 Å². The monoisotopic (exact) mass is 323 g/mol. The van der Waals surface area contributed by atoms with Gasteiger partial charge in [0.2, 0.25) is 0 Å². The van der Waals surface area contributed by atoms with Crippen LogP contribution in [-0.2, 0) is 4.79 Å². The molecule has 0 radical (unpaired) electrons. The van der Waals surface area contributed by atoms with Crippen molar-refractivity contribution in [3.05, 3.63) is 0 Å². The highest BCUT2D eigenvalue weighted by Crippen LogP contribution is 2.44. The van der Waals surface area contributed by atoms with E-state index in [-0.39, 0.29) is 30.2 Å². The van der Waals surface area contributed by atoms with Gasteiger partial charge in [-0.05, 0) is 63.8 Å². The molecule has 0 aliphatic heterocycles. The van der Waals surface area contributed by atoms with Gasteiger partial charge in [-0.3, -0.25) is 9.69 Å². The van der Waals surface area contributed by atoms with E-state index >= 15 is 0 Å². The minimum Gasteiger partial charge on any atom is -0.480 e. The van der Waals surface area contributed by atoms with Crippen molar-refractivity contribution in [1.29, 1.82) is 0 Å². The van der Waals surface area contributed by atoms with Crippen molar-refractivity contribution in [3.63, 3.8) is 0 Å². The number of hydrogen-bond acceptors (Lipinski definition) is 3. The number of urea groups is 1. The third kappa shape index (κ3) is 3.79. The fraction of sp³-hybridized carbons (Fsp3) is 0.882. The first-order valence-corrected chi connectivity index (χ1v) is 9.04. The fourth-order valence-corrected chi connectivity index (χ4v) is 4.58. The van der Waals surface area contributed by atoms with E-state index in [1.807, 2.05) is 11.8 Å². The summed E-state index contributed by atoms with van der Waals surface area (Å²) in [4.78, 5) is 25.1. The highest BCUT2D eigenvalue weighted by molar-refractivity contribution is 5.75. The maximum absolute atomic E-state index is 12.3. The molecule has 6 nitrogen and oxygen atoms in total. The molecule has 0 atom stereocenters. The summed E-state index contributed by atoms with van der Waals surface area (Å²) in [6, 6.07) is 0.430. The molecule has 130 valence electrons. The summed E-state index contributed by atoms with van der Waals surface area (Å²) in [7, 11) is 0. The molecule has 2 amide bonds. The Balaban J connectivity index is 1.41. The van der Waals surface area contributed by atoms with Gasteiger partial charge in [-0.2, -0.15) is 0 Å². The predicted octanol–water partition coefficient (Wildman–Crippen LogP) is 1.95. The van der Waals surface area contributed by atoms with Crippen LogP contribution in [0, 0.1) is 5.92 Å². The third-order valence-electron chi connectivity index (χ3n) is 6.18. The fourth-order valence-electron chi connectivity index (χ4n) is 4.58. The molecule has 4 fully saturated rings. The third-order valence-corrected chi connectivity index (χ3v) is 6.18. The van der Waals surface area contributed by atoms with Gasteiger partial charge in [-0.15, -0.1) is 0 Å². The molecule has 4 aliphatic carbocycles. The lowest BCUT2D eigenvalue weighted by Crippen LogP contribution is -2.61. The second-order valence-electron chi connectivity index (χ2n) is 7.64. The van der Waals surface area contributed by atoms with Crippen LogP contribution >= 0.6 is 0 Å². The maximum Gasteiger partial charge on any atom is 0.317 e. The number of carbonyl (C=O) groups is 2. The van der Waals surface area contributed by atoms with E-state index in [9.17, 15) is 9.59 Å². The van der Waals surface area contributed by atoms with Crippen molar-refractivity contribution >= 4 is 12.0 Å². The molecule has 4 aliphatic rings. The summed E-state index contributed by atoms with van der Waals surface area (Å²) in [5.41, 5.74) is 0.0424. The second-order valence-corrected chi connectivity index (χ2v) is 7.64. The maximum atomic E-state index is 12.3. The second kappa shape index (κ2) is 6.67. The van der Waals surface area contributed by atoms with Gasteiger partial charge in [0.25, 0.3) is 0 Å². The van der Waals surface area contributed by atoms with E-state index < -0.39 is 5.97 Å². The van der Waals surface area contributed by atoms with Gasteiger partial charge < -0.3 is 15.7 Å². The van der Waals surface area contributed by atoms with Crippen LogP contribution < -0.4 is 10.6 Å². The highest BCUT2D eigenvalue weighted by atomic mass is 16.4. The average Bonchev–Trinajstić information content (AvgIpc) is 2.49. The Morgan fingerprint density at radius 2 is 1.78 bits per heavy atom. The zero-order valence-electron chi connectivity index (χ0n) is 14.0. The van der Waals surface area contributed by atoms with Gasteiger partial charge in [0.15, 0.2) is 0 Å². The number of aliphatic carboxylic acids is 1. The Labute approximate surface area is 138 Å². The molecule has 0 aromatic rings. The Kier molecular flexibility index (Phi) is 4.80. The van der Waals surface area contributed by atoms with E-state index in [0.29, 0.717) is 0 Å². The van der Waals surface area contributed by atoms with E-state index in [2.05, 4.69) is 10.6 Å². The van der Waals surface area contributed by atoms with Gasteiger partial charge in [0, 0.05) is 17.6 Å². The summed E-state index contributed by atoms with van der Waals surface area (Å²) >= 11 is 0. The molecule has 0 spiro atoms. The quantitative estimate of drug-likeness (QED) is 0.698. The number of amides is 2. The molecule has 2 bridgehead atoms. The van der Waals surface area contributed by atoms with Crippen LogP contribution in [0.5, 0.6) is 0 Å². The minimum absolute atomic E-state index is 0.0323. The molecule has 23 heavy (non-hydrogen) atoms. The van der Waals surface area contributed by atoms with E-state index in [0.717, 1.165) is 44.6 Å². The van der Waals surface area contributed by atoms with Crippen molar-refractivity contribution in [1.82, 2.24) is 15.5 Å². The normalized spacial score (nSPS) is 35.7. The number of carbonyl (C=O) groups excluding carboxylic acids is 1. The average molecular weight is 323 g/mol. The lowest BCUT2D eigenvalue weighted by atomic mass is 9.66. The van der Waals surface area contributed by atoms with Crippen molar-refractivity contribution < 1.29 is 14.7 Å².